The van der Waals surface area contributed by atoms with Crippen molar-refractivity contribution in [3.63, 3.8) is 0 Å². The second-order valence-corrected chi connectivity index (χ2v) is 5.45. The third-order valence-electron chi connectivity index (χ3n) is 3.82. The molecule has 0 saturated carbocycles. The number of amides is 2. The number of urea groups is 1. The average molecular weight is 298 g/mol. The van der Waals surface area contributed by atoms with Gasteiger partial charge in [0.2, 0.25) is 5.56 Å². The lowest BCUT2D eigenvalue weighted by molar-refractivity contribution is 0.235. The summed E-state index contributed by atoms with van der Waals surface area (Å²) < 4.78 is 0. The van der Waals surface area contributed by atoms with Crippen LogP contribution in [0.2, 0.25) is 0 Å². The van der Waals surface area contributed by atoms with Crippen molar-refractivity contribution in [3.05, 3.63) is 63.8 Å². The number of hydrogen-bond donors (Lipinski definition) is 3. The maximum atomic E-state index is 12.0. The predicted molar refractivity (Wildman–Crippen MR) is 82.5 cm³/mol. The number of pyridine rings is 2. The molecule has 1 aliphatic carbocycles. The molecule has 1 aliphatic rings. The van der Waals surface area contributed by atoms with Gasteiger partial charge in [-0.1, -0.05) is 12.1 Å². The van der Waals surface area contributed by atoms with E-state index in [0.29, 0.717) is 6.54 Å². The lowest BCUT2D eigenvalue weighted by atomic mass is 9.92. The summed E-state index contributed by atoms with van der Waals surface area (Å²) in [5.41, 5.74) is 2.98. The molecule has 6 heteroatoms. The molecule has 0 unspecified atom stereocenters. The highest BCUT2D eigenvalue weighted by molar-refractivity contribution is 5.74. The molecule has 0 aliphatic heterocycles. The molecule has 2 aromatic heterocycles. The molecular weight excluding hydrogens is 280 g/mol. The van der Waals surface area contributed by atoms with Crippen LogP contribution in [-0.4, -0.2) is 22.0 Å². The van der Waals surface area contributed by atoms with E-state index in [2.05, 4.69) is 20.6 Å². The second-order valence-electron chi connectivity index (χ2n) is 5.45. The van der Waals surface area contributed by atoms with Gasteiger partial charge < -0.3 is 15.6 Å². The van der Waals surface area contributed by atoms with Crippen molar-refractivity contribution >= 4 is 6.03 Å². The van der Waals surface area contributed by atoms with Gasteiger partial charge in [0.15, 0.2) is 0 Å². The van der Waals surface area contributed by atoms with Gasteiger partial charge in [0.1, 0.15) is 0 Å². The molecule has 3 N–H and O–H groups in total. The molecule has 0 aromatic carbocycles. The van der Waals surface area contributed by atoms with E-state index in [0.717, 1.165) is 36.1 Å². The zero-order chi connectivity index (χ0) is 15.4. The van der Waals surface area contributed by atoms with Crippen LogP contribution in [0.25, 0.3) is 0 Å². The normalized spacial score (nSPS) is 16.6. The summed E-state index contributed by atoms with van der Waals surface area (Å²) in [6, 6.07) is 7.04. The molecule has 6 nitrogen and oxygen atoms in total. The highest BCUT2D eigenvalue weighted by atomic mass is 16.2. The van der Waals surface area contributed by atoms with Crippen molar-refractivity contribution in [2.24, 2.45) is 0 Å². The van der Waals surface area contributed by atoms with E-state index < -0.39 is 0 Å². The van der Waals surface area contributed by atoms with E-state index in [9.17, 15) is 9.59 Å². The summed E-state index contributed by atoms with van der Waals surface area (Å²) in [6.07, 6.45) is 5.78. The summed E-state index contributed by atoms with van der Waals surface area (Å²) in [5, 5.41) is 5.81. The van der Waals surface area contributed by atoms with Gasteiger partial charge >= 0.3 is 6.03 Å². The Hall–Kier alpha value is -2.63. The van der Waals surface area contributed by atoms with Crippen molar-refractivity contribution in [2.45, 2.75) is 31.8 Å². The van der Waals surface area contributed by atoms with Crippen LogP contribution in [0.15, 0.2) is 41.5 Å². The summed E-state index contributed by atoms with van der Waals surface area (Å²) in [7, 11) is 0. The predicted octanol–water partition coefficient (Wildman–Crippen LogP) is 1.13. The lowest BCUT2D eigenvalue weighted by Gasteiger charge is -2.25. The van der Waals surface area contributed by atoms with Crippen LogP contribution in [0, 0.1) is 0 Å². The Bertz CT molecular complexity index is 712. The Kier molecular flexibility index (Phi) is 4.18. The highest BCUT2D eigenvalue weighted by Crippen LogP contribution is 2.18. The number of nitrogens with one attached hydrogen (secondary N) is 3. The SMILES string of the molecule is O=C(NCc1cccnc1)N[C@@H]1CCc2[nH]c(=O)ccc2C1. The minimum Gasteiger partial charge on any atom is -0.335 e. The van der Waals surface area contributed by atoms with E-state index in [1.54, 1.807) is 12.4 Å². The molecule has 3 rings (SSSR count). The fourth-order valence-corrected chi connectivity index (χ4v) is 2.69. The van der Waals surface area contributed by atoms with Gasteiger partial charge in [-0.05, 0) is 36.5 Å². The van der Waals surface area contributed by atoms with Crippen LogP contribution in [-0.2, 0) is 19.4 Å². The molecule has 0 fully saturated rings. The number of carbonyl (C=O) groups excluding carboxylic acids is 1. The molecule has 1 atom stereocenters. The summed E-state index contributed by atoms with van der Waals surface area (Å²) >= 11 is 0. The van der Waals surface area contributed by atoms with Crippen molar-refractivity contribution in [2.75, 3.05) is 0 Å². The minimum absolute atomic E-state index is 0.0700. The molecule has 114 valence electrons. The van der Waals surface area contributed by atoms with Crippen molar-refractivity contribution in [3.8, 4) is 0 Å². The van der Waals surface area contributed by atoms with E-state index in [1.165, 1.54) is 6.07 Å². The summed E-state index contributed by atoms with van der Waals surface area (Å²) in [6.45, 7) is 0.455. The number of carbonyl (C=O) groups is 1. The number of rotatable bonds is 3. The summed E-state index contributed by atoms with van der Waals surface area (Å²) in [4.78, 5) is 30.1. The molecule has 0 spiro atoms. The van der Waals surface area contributed by atoms with Gasteiger partial charge in [0, 0.05) is 36.7 Å². The molecule has 2 amide bonds. The zero-order valence-corrected chi connectivity index (χ0v) is 12.1. The molecule has 22 heavy (non-hydrogen) atoms. The summed E-state index contributed by atoms with van der Waals surface area (Å²) in [5.74, 6) is 0. The van der Waals surface area contributed by atoms with E-state index in [1.807, 2.05) is 18.2 Å². The van der Waals surface area contributed by atoms with Crippen LogP contribution in [0.5, 0.6) is 0 Å². The Morgan fingerprint density at radius 2 is 2.27 bits per heavy atom. The first-order chi connectivity index (χ1) is 10.7. The Balaban J connectivity index is 1.52. The lowest BCUT2D eigenvalue weighted by Crippen LogP contribution is -2.44. The Morgan fingerprint density at radius 1 is 1.36 bits per heavy atom. The molecule has 2 heterocycles. The second kappa shape index (κ2) is 6.43. The largest absolute Gasteiger partial charge is 0.335 e. The molecule has 0 radical (unpaired) electrons. The highest BCUT2D eigenvalue weighted by Gasteiger charge is 2.20. The molecule has 2 aromatic rings. The minimum atomic E-state index is -0.179. The topological polar surface area (TPSA) is 86.9 Å². The van der Waals surface area contributed by atoms with Gasteiger partial charge in [-0.3, -0.25) is 9.78 Å². The quantitative estimate of drug-likeness (QED) is 0.794. The number of aromatic nitrogens is 2. The molecule has 0 saturated heterocycles. The van der Waals surface area contributed by atoms with Crippen molar-refractivity contribution < 1.29 is 4.79 Å². The fourth-order valence-electron chi connectivity index (χ4n) is 2.69. The van der Waals surface area contributed by atoms with Crippen molar-refractivity contribution in [1.29, 1.82) is 0 Å². The van der Waals surface area contributed by atoms with E-state index in [4.69, 9.17) is 0 Å². The number of aromatic amines is 1. The average Bonchev–Trinajstić information content (AvgIpc) is 2.54. The zero-order valence-electron chi connectivity index (χ0n) is 12.1. The Labute approximate surface area is 128 Å². The monoisotopic (exact) mass is 298 g/mol. The number of hydrogen-bond acceptors (Lipinski definition) is 3. The molecular formula is C16H18N4O2. The Morgan fingerprint density at radius 3 is 3.09 bits per heavy atom. The third-order valence-corrected chi connectivity index (χ3v) is 3.82. The fraction of sp³-hybridized carbons (Fsp3) is 0.312. The van der Waals surface area contributed by atoms with Crippen LogP contribution in [0.3, 0.4) is 0 Å². The molecule has 0 bridgehead atoms. The number of fused-ring (bicyclic) bond motifs is 1. The van der Waals surface area contributed by atoms with Gasteiger partial charge in [-0.2, -0.15) is 0 Å². The van der Waals surface area contributed by atoms with Crippen LogP contribution < -0.4 is 16.2 Å². The smallest absolute Gasteiger partial charge is 0.315 e. The van der Waals surface area contributed by atoms with Gasteiger partial charge in [-0.15, -0.1) is 0 Å². The van der Waals surface area contributed by atoms with Crippen LogP contribution >= 0.6 is 0 Å². The van der Waals surface area contributed by atoms with Crippen LogP contribution in [0.1, 0.15) is 23.2 Å². The maximum Gasteiger partial charge on any atom is 0.315 e. The van der Waals surface area contributed by atoms with E-state index >= 15 is 0 Å². The van der Waals surface area contributed by atoms with Gasteiger partial charge in [0.05, 0.1) is 0 Å². The first-order valence-electron chi connectivity index (χ1n) is 7.35. The number of H-pyrrole nitrogens is 1. The van der Waals surface area contributed by atoms with Gasteiger partial charge in [0.25, 0.3) is 0 Å². The van der Waals surface area contributed by atoms with Crippen LogP contribution in [0.4, 0.5) is 4.79 Å². The van der Waals surface area contributed by atoms with Crippen molar-refractivity contribution in [1.82, 2.24) is 20.6 Å². The first kappa shape index (κ1) is 14.3. The standard InChI is InChI=1S/C16H18N4O2/c21-15-6-3-12-8-13(4-5-14(12)20-15)19-16(22)18-10-11-2-1-7-17-9-11/h1-3,6-7,9,13H,4-5,8,10H2,(H,20,21)(H2,18,19,22)/t13-/m1/s1. The number of nitrogens with zero attached hydrogens (tertiary/aromatic N) is 1. The first-order valence-corrected chi connectivity index (χ1v) is 7.35. The number of aryl methyl sites for hydroxylation is 1. The van der Waals surface area contributed by atoms with E-state index in [-0.39, 0.29) is 17.6 Å². The van der Waals surface area contributed by atoms with Gasteiger partial charge in [-0.25, -0.2) is 4.79 Å². The third kappa shape index (κ3) is 3.52. The maximum absolute atomic E-state index is 12.0.